The van der Waals surface area contributed by atoms with E-state index in [2.05, 4.69) is 36.2 Å². The molecule has 5 heteroatoms. The van der Waals surface area contributed by atoms with Crippen molar-refractivity contribution in [1.82, 2.24) is 9.97 Å². The Morgan fingerprint density at radius 1 is 1.14 bits per heavy atom. The van der Waals surface area contributed by atoms with E-state index in [1.54, 1.807) is 19.2 Å². The van der Waals surface area contributed by atoms with Crippen molar-refractivity contribution >= 4 is 11.6 Å². The normalized spacial score (nSPS) is 14.8. The third-order valence-electron chi connectivity index (χ3n) is 5.58. The molecule has 4 nitrogen and oxygen atoms in total. The molecule has 1 aromatic heterocycles. The SMILES string of the molecule is COc1nc(-c2cc(CO)ccc2Cl)nc(-c2cccc(C3(C)CC3)c2)c1C. The number of halogens is 1. The summed E-state index contributed by atoms with van der Waals surface area (Å²) in [5.74, 6) is 1.01. The van der Waals surface area contributed by atoms with Crippen molar-refractivity contribution in [2.75, 3.05) is 7.11 Å². The summed E-state index contributed by atoms with van der Waals surface area (Å²) in [5, 5.41) is 10.0. The zero-order valence-corrected chi connectivity index (χ0v) is 17.0. The molecule has 1 fully saturated rings. The van der Waals surface area contributed by atoms with E-state index < -0.39 is 0 Å². The van der Waals surface area contributed by atoms with Crippen LogP contribution in [0.2, 0.25) is 5.02 Å². The number of aromatic nitrogens is 2. The number of hydrogen-bond donors (Lipinski definition) is 1. The molecule has 4 rings (SSSR count). The average Bonchev–Trinajstić information content (AvgIpc) is 3.47. The van der Waals surface area contributed by atoms with E-state index in [0.29, 0.717) is 22.3 Å². The van der Waals surface area contributed by atoms with Crippen LogP contribution in [0.5, 0.6) is 5.88 Å². The molecule has 0 bridgehead atoms. The summed E-state index contributed by atoms with van der Waals surface area (Å²) in [6.07, 6.45) is 2.44. The number of methoxy groups -OCH3 is 1. The highest BCUT2D eigenvalue weighted by Crippen LogP contribution is 2.48. The molecule has 144 valence electrons. The van der Waals surface area contributed by atoms with E-state index in [1.807, 2.05) is 13.0 Å². The minimum absolute atomic E-state index is 0.0688. The lowest BCUT2D eigenvalue weighted by atomic mass is 9.95. The summed E-state index contributed by atoms with van der Waals surface area (Å²) in [6.45, 7) is 4.20. The molecule has 1 heterocycles. The third-order valence-corrected chi connectivity index (χ3v) is 5.91. The summed E-state index contributed by atoms with van der Waals surface area (Å²) in [4.78, 5) is 9.41. The number of ether oxygens (including phenoxy) is 1. The molecular weight excluding hydrogens is 372 g/mol. The van der Waals surface area contributed by atoms with Gasteiger partial charge in [0, 0.05) is 16.7 Å². The standard InChI is InChI=1S/C23H23ClN2O2/c1-14-20(16-5-4-6-17(12-16)23(2)9-10-23)25-21(26-22(14)28-3)18-11-15(13-27)7-8-19(18)24/h4-8,11-12,27H,9-10,13H2,1-3H3. The number of aliphatic hydroxyl groups excluding tert-OH is 1. The molecule has 1 aliphatic carbocycles. The van der Waals surface area contributed by atoms with Crippen LogP contribution < -0.4 is 4.74 Å². The van der Waals surface area contributed by atoms with Crippen LogP contribution in [0.3, 0.4) is 0 Å². The number of benzene rings is 2. The number of rotatable bonds is 5. The van der Waals surface area contributed by atoms with Crippen molar-refractivity contribution in [1.29, 1.82) is 0 Å². The van der Waals surface area contributed by atoms with E-state index in [1.165, 1.54) is 18.4 Å². The first-order valence-corrected chi connectivity index (χ1v) is 9.76. The van der Waals surface area contributed by atoms with Gasteiger partial charge in [0.1, 0.15) is 0 Å². The van der Waals surface area contributed by atoms with Gasteiger partial charge in [-0.2, -0.15) is 4.98 Å². The molecule has 28 heavy (non-hydrogen) atoms. The van der Waals surface area contributed by atoms with Crippen LogP contribution in [0.15, 0.2) is 42.5 Å². The van der Waals surface area contributed by atoms with E-state index >= 15 is 0 Å². The van der Waals surface area contributed by atoms with Gasteiger partial charge in [0.25, 0.3) is 0 Å². The second-order valence-electron chi connectivity index (χ2n) is 7.64. The molecule has 0 radical (unpaired) electrons. The van der Waals surface area contributed by atoms with Gasteiger partial charge in [0.2, 0.25) is 5.88 Å². The van der Waals surface area contributed by atoms with Crippen LogP contribution in [-0.4, -0.2) is 22.2 Å². The topological polar surface area (TPSA) is 55.2 Å². The molecule has 1 aliphatic rings. The summed E-state index contributed by atoms with van der Waals surface area (Å²) in [6, 6.07) is 13.9. The molecule has 0 atom stereocenters. The molecule has 2 aromatic carbocycles. The molecule has 0 saturated heterocycles. The van der Waals surface area contributed by atoms with Crippen LogP contribution in [0.4, 0.5) is 0 Å². The van der Waals surface area contributed by atoms with Crippen molar-refractivity contribution in [2.45, 2.75) is 38.7 Å². The highest BCUT2D eigenvalue weighted by Gasteiger charge is 2.39. The highest BCUT2D eigenvalue weighted by atomic mass is 35.5. The predicted octanol–water partition coefficient (Wildman–Crippen LogP) is 5.32. The van der Waals surface area contributed by atoms with Gasteiger partial charge in [0.05, 0.1) is 24.4 Å². The lowest BCUT2D eigenvalue weighted by Gasteiger charge is -2.15. The number of nitrogens with zero attached hydrogens (tertiary/aromatic N) is 2. The Hall–Kier alpha value is -2.43. The van der Waals surface area contributed by atoms with Gasteiger partial charge in [-0.05, 0) is 54.5 Å². The molecule has 0 amide bonds. The van der Waals surface area contributed by atoms with E-state index in [0.717, 1.165) is 22.4 Å². The van der Waals surface area contributed by atoms with Crippen LogP contribution in [0.25, 0.3) is 22.6 Å². The minimum Gasteiger partial charge on any atom is -0.481 e. The first kappa shape index (κ1) is 18.9. The van der Waals surface area contributed by atoms with Gasteiger partial charge in [0.15, 0.2) is 5.82 Å². The quantitative estimate of drug-likeness (QED) is 0.635. The molecule has 1 N–H and O–H groups in total. The Labute approximate surface area is 170 Å². The van der Waals surface area contributed by atoms with Gasteiger partial charge in [-0.15, -0.1) is 0 Å². The minimum atomic E-state index is -0.0688. The fourth-order valence-corrected chi connectivity index (χ4v) is 3.66. The zero-order valence-electron chi connectivity index (χ0n) is 16.3. The van der Waals surface area contributed by atoms with Crippen molar-refractivity contribution in [3.63, 3.8) is 0 Å². The summed E-state index contributed by atoms with van der Waals surface area (Å²) >= 11 is 6.41. The van der Waals surface area contributed by atoms with Gasteiger partial charge in [-0.3, -0.25) is 0 Å². The van der Waals surface area contributed by atoms with Gasteiger partial charge in [-0.1, -0.05) is 42.8 Å². The zero-order chi connectivity index (χ0) is 19.9. The maximum atomic E-state index is 9.48. The first-order chi connectivity index (χ1) is 13.4. The Morgan fingerprint density at radius 2 is 1.93 bits per heavy atom. The number of hydrogen-bond acceptors (Lipinski definition) is 4. The highest BCUT2D eigenvalue weighted by molar-refractivity contribution is 6.33. The third kappa shape index (κ3) is 3.38. The molecule has 0 spiro atoms. The van der Waals surface area contributed by atoms with Crippen molar-refractivity contribution < 1.29 is 9.84 Å². The molecule has 0 unspecified atom stereocenters. The fourth-order valence-electron chi connectivity index (χ4n) is 3.46. The second kappa shape index (κ2) is 7.19. The van der Waals surface area contributed by atoms with E-state index in [-0.39, 0.29) is 12.0 Å². The summed E-state index contributed by atoms with van der Waals surface area (Å²) < 4.78 is 5.53. The lowest BCUT2D eigenvalue weighted by molar-refractivity contribution is 0.282. The summed E-state index contributed by atoms with van der Waals surface area (Å²) in [7, 11) is 1.61. The van der Waals surface area contributed by atoms with Crippen LogP contribution in [0.1, 0.15) is 36.5 Å². The molecular formula is C23H23ClN2O2. The van der Waals surface area contributed by atoms with Crippen LogP contribution in [-0.2, 0) is 12.0 Å². The van der Waals surface area contributed by atoms with Gasteiger partial charge >= 0.3 is 0 Å². The summed E-state index contributed by atoms with van der Waals surface area (Å²) in [5.41, 5.74) is 5.81. The largest absolute Gasteiger partial charge is 0.481 e. The van der Waals surface area contributed by atoms with E-state index in [9.17, 15) is 5.11 Å². The Balaban J connectivity index is 1.88. The van der Waals surface area contributed by atoms with Gasteiger partial charge in [-0.25, -0.2) is 4.98 Å². The number of aliphatic hydroxyl groups is 1. The van der Waals surface area contributed by atoms with Crippen LogP contribution in [0, 0.1) is 6.92 Å². The van der Waals surface area contributed by atoms with Crippen molar-refractivity contribution in [2.24, 2.45) is 0 Å². The maximum absolute atomic E-state index is 9.48. The fraction of sp³-hybridized carbons (Fsp3) is 0.304. The molecule has 1 saturated carbocycles. The lowest BCUT2D eigenvalue weighted by Crippen LogP contribution is -2.03. The molecule has 3 aromatic rings. The monoisotopic (exact) mass is 394 g/mol. The maximum Gasteiger partial charge on any atom is 0.220 e. The van der Waals surface area contributed by atoms with Gasteiger partial charge < -0.3 is 9.84 Å². The Kier molecular flexibility index (Phi) is 4.86. The van der Waals surface area contributed by atoms with Crippen LogP contribution >= 0.6 is 11.6 Å². The average molecular weight is 395 g/mol. The van der Waals surface area contributed by atoms with Crippen molar-refractivity contribution in [3.05, 3.63) is 64.2 Å². The smallest absolute Gasteiger partial charge is 0.220 e. The Bertz CT molecular complexity index is 1040. The predicted molar refractivity (Wildman–Crippen MR) is 112 cm³/mol. The van der Waals surface area contributed by atoms with Crippen molar-refractivity contribution in [3.8, 4) is 28.5 Å². The molecule has 0 aliphatic heterocycles. The Morgan fingerprint density at radius 3 is 2.61 bits per heavy atom. The van der Waals surface area contributed by atoms with E-state index in [4.69, 9.17) is 21.3 Å². The first-order valence-electron chi connectivity index (χ1n) is 9.38. The second-order valence-corrected chi connectivity index (χ2v) is 8.05.